The predicted octanol–water partition coefficient (Wildman–Crippen LogP) is 2.99. The van der Waals surface area contributed by atoms with Crippen molar-refractivity contribution in [1.82, 2.24) is 9.88 Å². The quantitative estimate of drug-likeness (QED) is 0.856. The van der Waals surface area contributed by atoms with E-state index < -0.39 is 0 Å². The Morgan fingerprint density at radius 3 is 2.18 bits per heavy atom. The maximum absolute atomic E-state index is 12.3. The number of nitrogens with zero attached hydrogens (tertiary/aromatic N) is 1. The number of aromatic nitrogens is 1. The Hall–Kier alpha value is -1.25. The van der Waals surface area contributed by atoms with Gasteiger partial charge in [0.2, 0.25) is 5.91 Å². The number of carbonyl (C=O) groups is 1. The normalized spacial score (nSPS) is 13.8. The second-order valence-corrected chi connectivity index (χ2v) is 6.01. The summed E-state index contributed by atoms with van der Waals surface area (Å²) in [4.78, 5) is 12.3. The zero-order valence-corrected chi connectivity index (χ0v) is 11.5. The first-order valence-electron chi connectivity index (χ1n) is 6.24. The molecule has 0 spiro atoms. The molecular formula is C14H24N2O. The fraction of sp³-hybridized carbons (Fsp3) is 0.643. The van der Waals surface area contributed by atoms with E-state index in [4.69, 9.17) is 0 Å². The van der Waals surface area contributed by atoms with Crippen LogP contribution in [0, 0.1) is 5.92 Å². The van der Waals surface area contributed by atoms with Gasteiger partial charge in [-0.05, 0) is 45.2 Å². The summed E-state index contributed by atoms with van der Waals surface area (Å²) in [5, 5.41) is 3.05. The van der Waals surface area contributed by atoms with Crippen LogP contribution >= 0.6 is 0 Å². The molecule has 0 aliphatic carbocycles. The van der Waals surface area contributed by atoms with Crippen molar-refractivity contribution in [3.8, 4) is 0 Å². The van der Waals surface area contributed by atoms with E-state index in [1.165, 1.54) is 0 Å². The van der Waals surface area contributed by atoms with Crippen LogP contribution in [0.3, 0.4) is 0 Å². The van der Waals surface area contributed by atoms with Crippen LogP contribution < -0.4 is 5.32 Å². The molecule has 3 nitrogen and oxygen atoms in total. The van der Waals surface area contributed by atoms with Gasteiger partial charge in [-0.1, -0.05) is 13.8 Å². The Morgan fingerprint density at radius 1 is 1.24 bits per heavy atom. The molecule has 0 aliphatic rings. The van der Waals surface area contributed by atoms with Gasteiger partial charge in [0.15, 0.2) is 0 Å². The zero-order chi connectivity index (χ0) is 13.1. The third kappa shape index (κ3) is 4.63. The first-order chi connectivity index (χ1) is 7.79. The van der Waals surface area contributed by atoms with E-state index in [9.17, 15) is 4.79 Å². The van der Waals surface area contributed by atoms with Gasteiger partial charge in [0, 0.05) is 17.9 Å². The van der Waals surface area contributed by atoms with Crippen LogP contribution in [0.4, 0.5) is 0 Å². The molecule has 0 saturated carbocycles. The molecule has 1 aromatic rings. The number of hydrogen-bond donors (Lipinski definition) is 1. The minimum absolute atomic E-state index is 0.0994. The third-order valence-electron chi connectivity index (χ3n) is 2.48. The van der Waals surface area contributed by atoms with E-state index in [1.54, 1.807) is 0 Å². The summed E-state index contributed by atoms with van der Waals surface area (Å²) in [6, 6.07) is 3.80. The predicted molar refractivity (Wildman–Crippen MR) is 70.8 cm³/mol. The van der Waals surface area contributed by atoms with E-state index >= 15 is 0 Å². The average molecular weight is 236 g/mol. The molecule has 0 unspecified atom stereocenters. The topological polar surface area (TPSA) is 34.0 Å². The molecule has 0 aliphatic heterocycles. The SMILES string of the molecule is CC(C)C[C@@H](C(=O)NC(C)(C)C)n1cccc1. The minimum Gasteiger partial charge on any atom is -0.350 e. The Kier molecular flexibility index (Phi) is 4.38. The number of carbonyl (C=O) groups excluding carboxylic acids is 1. The van der Waals surface area contributed by atoms with Gasteiger partial charge in [-0.2, -0.15) is 0 Å². The monoisotopic (exact) mass is 236 g/mol. The summed E-state index contributed by atoms with van der Waals surface area (Å²) in [5.74, 6) is 0.593. The summed E-state index contributed by atoms with van der Waals surface area (Å²) < 4.78 is 1.99. The highest BCUT2D eigenvalue weighted by Gasteiger charge is 2.24. The van der Waals surface area contributed by atoms with Gasteiger partial charge >= 0.3 is 0 Å². The van der Waals surface area contributed by atoms with Crippen molar-refractivity contribution in [3.63, 3.8) is 0 Å². The summed E-state index contributed by atoms with van der Waals surface area (Å²) in [7, 11) is 0. The molecule has 1 atom stereocenters. The highest BCUT2D eigenvalue weighted by molar-refractivity contribution is 5.81. The van der Waals surface area contributed by atoms with E-state index in [-0.39, 0.29) is 17.5 Å². The summed E-state index contributed by atoms with van der Waals surface area (Å²) >= 11 is 0. The molecule has 0 bridgehead atoms. The van der Waals surface area contributed by atoms with Crippen LogP contribution in [0.25, 0.3) is 0 Å². The highest BCUT2D eigenvalue weighted by Crippen LogP contribution is 2.19. The van der Waals surface area contributed by atoms with Crippen LogP contribution in [0.15, 0.2) is 24.5 Å². The van der Waals surface area contributed by atoms with E-state index in [0.717, 1.165) is 6.42 Å². The Balaban J connectivity index is 2.80. The van der Waals surface area contributed by atoms with E-state index in [1.807, 2.05) is 49.9 Å². The molecule has 0 fully saturated rings. The first-order valence-corrected chi connectivity index (χ1v) is 6.24. The van der Waals surface area contributed by atoms with Crippen LogP contribution in [0.1, 0.15) is 47.1 Å². The maximum atomic E-state index is 12.3. The average Bonchev–Trinajstić information content (AvgIpc) is 2.63. The number of nitrogens with one attached hydrogen (secondary N) is 1. The molecule has 1 amide bonds. The standard InChI is InChI=1S/C14H24N2O/c1-11(2)10-12(16-8-6-7-9-16)13(17)15-14(3,4)5/h6-9,11-12H,10H2,1-5H3,(H,15,17)/t12-/m0/s1. The molecule has 0 radical (unpaired) electrons. The molecular weight excluding hydrogens is 212 g/mol. The molecule has 3 heteroatoms. The van der Waals surface area contributed by atoms with Crippen LogP contribution in [-0.2, 0) is 4.79 Å². The molecule has 17 heavy (non-hydrogen) atoms. The second-order valence-electron chi connectivity index (χ2n) is 6.01. The second kappa shape index (κ2) is 5.39. The molecule has 1 N–H and O–H groups in total. The third-order valence-corrected chi connectivity index (χ3v) is 2.48. The Labute approximate surface area is 104 Å². The molecule has 1 rings (SSSR count). The number of rotatable bonds is 4. The van der Waals surface area contributed by atoms with E-state index in [2.05, 4.69) is 19.2 Å². The van der Waals surface area contributed by atoms with Crippen molar-refractivity contribution in [3.05, 3.63) is 24.5 Å². The van der Waals surface area contributed by atoms with Crippen molar-refractivity contribution in [1.29, 1.82) is 0 Å². The fourth-order valence-electron chi connectivity index (χ4n) is 1.82. The van der Waals surface area contributed by atoms with Crippen LogP contribution in [0.2, 0.25) is 0 Å². The Morgan fingerprint density at radius 2 is 1.76 bits per heavy atom. The zero-order valence-electron chi connectivity index (χ0n) is 11.5. The first kappa shape index (κ1) is 13.8. The largest absolute Gasteiger partial charge is 0.350 e. The molecule has 1 heterocycles. The van der Waals surface area contributed by atoms with Crippen molar-refractivity contribution >= 4 is 5.91 Å². The number of hydrogen-bond acceptors (Lipinski definition) is 1. The van der Waals surface area contributed by atoms with Gasteiger partial charge in [0.05, 0.1) is 0 Å². The van der Waals surface area contributed by atoms with Crippen LogP contribution in [-0.4, -0.2) is 16.0 Å². The van der Waals surface area contributed by atoms with Crippen molar-refractivity contribution in [2.24, 2.45) is 5.92 Å². The summed E-state index contributed by atoms with van der Waals surface area (Å²) in [5.41, 5.74) is -0.181. The van der Waals surface area contributed by atoms with Crippen molar-refractivity contribution < 1.29 is 4.79 Å². The van der Waals surface area contributed by atoms with Crippen molar-refractivity contribution in [2.75, 3.05) is 0 Å². The summed E-state index contributed by atoms with van der Waals surface area (Å²) in [6.45, 7) is 10.3. The van der Waals surface area contributed by atoms with Crippen molar-refractivity contribution in [2.45, 2.75) is 52.6 Å². The smallest absolute Gasteiger partial charge is 0.243 e. The van der Waals surface area contributed by atoms with Gasteiger partial charge in [-0.15, -0.1) is 0 Å². The fourth-order valence-corrected chi connectivity index (χ4v) is 1.82. The molecule has 96 valence electrons. The minimum atomic E-state index is -0.181. The van der Waals surface area contributed by atoms with Crippen LogP contribution in [0.5, 0.6) is 0 Å². The van der Waals surface area contributed by atoms with Gasteiger partial charge in [0.25, 0.3) is 0 Å². The highest BCUT2D eigenvalue weighted by atomic mass is 16.2. The molecule has 0 saturated heterocycles. The van der Waals surface area contributed by atoms with Gasteiger partial charge in [-0.3, -0.25) is 4.79 Å². The maximum Gasteiger partial charge on any atom is 0.243 e. The lowest BCUT2D eigenvalue weighted by Crippen LogP contribution is -2.44. The van der Waals surface area contributed by atoms with Gasteiger partial charge < -0.3 is 9.88 Å². The lowest BCUT2D eigenvalue weighted by molar-refractivity contribution is -0.126. The number of amides is 1. The Bertz CT molecular complexity index is 347. The van der Waals surface area contributed by atoms with E-state index in [0.29, 0.717) is 5.92 Å². The lowest BCUT2D eigenvalue weighted by Gasteiger charge is -2.26. The van der Waals surface area contributed by atoms with Gasteiger partial charge in [-0.25, -0.2) is 0 Å². The van der Waals surface area contributed by atoms with Gasteiger partial charge in [0.1, 0.15) is 6.04 Å². The molecule has 1 aromatic heterocycles. The lowest BCUT2D eigenvalue weighted by atomic mass is 10.0. The molecule has 0 aromatic carbocycles. The summed E-state index contributed by atoms with van der Waals surface area (Å²) in [6.07, 6.45) is 4.77.